The normalized spacial score (nSPS) is 11.3. The molecule has 0 atom stereocenters. The Morgan fingerprint density at radius 3 is 2.67 bits per heavy atom. The lowest BCUT2D eigenvalue weighted by molar-refractivity contribution is 0.573. The molecule has 1 N–H and O–H groups in total. The van der Waals surface area contributed by atoms with Crippen LogP contribution in [0.25, 0.3) is 11.6 Å². The van der Waals surface area contributed by atoms with Gasteiger partial charge in [0, 0.05) is 5.56 Å². The van der Waals surface area contributed by atoms with Gasteiger partial charge in [0.1, 0.15) is 0 Å². The molecular formula is C13H8Cl2N4OS. The molecule has 0 unspecified atom stereocenters. The Kier molecular flexibility index (Phi) is 3.92. The molecule has 0 spiro atoms. The molecule has 106 valence electrons. The zero-order valence-corrected chi connectivity index (χ0v) is 12.8. The molecule has 0 aliphatic heterocycles. The fourth-order valence-electron chi connectivity index (χ4n) is 1.71. The minimum atomic E-state index is 0.334. The molecule has 3 rings (SSSR count). The monoisotopic (exact) mass is 338 g/mol. The highest BCUT2D eigenvalue weighted by molar-refractivity contribution is 7.71. The van der Waals surface area contributed by atoms with Crippen molar-refractivity contribution in [2.24, 2.45) is 5.10 Å². The number of aromatic amines is 1. The van der Waals surface area contributed by atoms with Crippen LogP contribution in [0.4, 0.5) is 0 Å². The summed E-state index contributed by atoms with van der Waals surface area (Å²) in [6.07, 6.45) is 3.08. The predicted octanol–water partition coefficient (Wildman–Crippen LogP) is 4.39. The van der Waals surface area contributed by atoms with Crippen molar-refractivity contribution in [2.45, 2.75) is 0 Å². The number of furan rings is 1. The highest BCUT2D eigenvalue weighted by atomic mass is 35.5. The van der Waals surface area contributed by atoms with E-state index in [4.69, 9.17) is 39.8 Å². The van der Waals surface area contributed by atoms with E-state index < -0.39 is 0 Å². The number of nitrogens with zero attached hydrogens (tertiary/aromatic N) is 3. The van der Waals surface area contributed by atoms with Crippen molar-refractivity contribution >= 4 is 41.6 Å². The van der Waals surface area contributed by atoms with Crippen LogP contribution in [0.5, 0.6) is 0 Å². The molecule has 2 aromatic heterocycles. The van der Waals surface area contributed by atoms with Crippen molar-refractivity contribution in [3.05, 3.63) is 57.0 Å². The van der Waals surface area contributed by atoms with E-state index in [9.17, 15) is 0 Å². The number of halogens is 2. The molecule has 8 heteroatoms. The van der Waals surface area contributed by atoms with E-state index >= 15 is 0 Å². The van der Waals surface area contributed by atoms with Gasteiger partial charge in [0.05, 0.1) is 22.5 Å². The first-order valence-corrected chi connectivity index (χ1v) is 7.03. The molecule has 1 aromatic carbocycles. The quantitative estimate of drug-likeness (QED) is 0.569. The molecule has 0 aliphatic carbocycles. The number of benzene rings is 1. The number of hydrogen-bond acceptors (Lipinski definition) is 4. The molecule has 2 heterocycles. The van der Waals surface area contributed by atoms with Crippen LogP contribution in [0, 0.1) is 4.77 Å². The maximum absolute atomic E-state index is 6.10. The van der Waals surface area contributed by atoms with Crippen LogP contribution in [0.15, 0.2) is 46.1 Å². The second-order valence-electron chi connectivity index (χ2n) is 4.02. The highest BCUT2D eigenvalue weighted by Crippen LogP contribution is 2.23. The molecule has 0 saturated carbocycles. The van der Waals surface area contributed by atoms with Crippen molar-refractivity contribution < 1.29 is 4.42 Å². The fraction of sp³-hybridized carbons (Fsp3) is 0. The van der Waals surface area contributed by atoms with Gasteiger partial charge in [-0.15, -0.1) is 5.10 Å². The third-order valence-electron chi connectivity index (χ3n) is 2.69. The Hall–Kier alpha value is -1.89. The number of aromatic nitrogens is 3. The second kappa shape index (κ2) is 5.85. The van der Waals surface area contributed by atoms with Crippen LogP contribution >= 0.6 is 35.4 Å². The topological polar surface area (TPSA) is 59.1 Å². The van der Waals surface area contributed by atoms with E-state index in [-0.39, 0.29) is 0 Å². The second-order valence-corrected chi connectivity index (χ2v) is 5.22. The lowest BCUT2D eigenvalue weighted by Gasteiger charge is -2.01. The van der Waals surface area contributed by atoms with Gasteiger partial charge in [-0.25, -0.2) is 5.10 Å². The molecule has 5 nitrogen and oxygen atoms in total. The van der Waals surface area contributed by atoms with Crippen molar-refractivity contribution in [1.29, 1.82) is 0 Å². The van der Waals surface area contributed by atoms with Gasteiger partial charge in [-0.3, -0.25) is 0 Å². The molecule has 3 aromatic rings. The first-order valence-electron chi connectivity index (χ1n) is 5.86. The van der Waals surface area contributed by atoms with Gasteiger partial charge in [-0.1, -0.05) is 29.3 Å². The summed E-state index contributed by atoms with van der Waals surface area (Å²) in [6.45, 7) is 0. The molecule has 0 amide bonds. The van der Waals surface area contributed by atoms with Gasteiger partial charge < -0.3 is 4.42 Å². The van der Waals surface area contributed by atoms with Crippen LogP contribution < -0.4 is 0 Å². The summed E-state index contributed by atoms with van der Waals surface area (Å²) >= 11 is 17.3. The lowest BCUT2D eigenvalue weighted by Crippen LogP contribution is -1.95. The fourth-order valence-corrected chi connectivity index (χ4v) is 2.39. The molecule has 0 saturated heterocycles. The number of hydrogen-bond donors (Lipinski definition) is 1. The zero-order valence-electron chi connectivity index (χ0n) is 10.5. The predicted molar refractivity (Wildman–Crippen MR) is 84.6 cm³/mol. The first-order chi connectivity index (χ1) is 10.2. The van der Waals surface area contributed by atoms with Crippen LogP contribution in [-0.4, -0.2) is 21.1 Å². The van der Waals surface area contributed by atoms with Gasteiger partial charge in [0.2, 0.25) is 10.6 Å². The van der Waals surface area contributed by atoms with E-state index in [1.54, 1.807) is 36.6 Å². The Morgan fingerprint density at radius 1 is 1.24 bits per heavy atom. The van der Waals surface area contributed by atoms with E-state index in [0.29, 0.717) is 32.0 Å². The van der Waals surface area contributed by atoms with Crippen molar-refractivity contribution in [2.75, 3.05) is 0 Å². The van der Waals surface area contributed by atoms with Gasteiger partial charge in [-0.2, -0.15) is 9.78 Å². The van der Waals surface area contributed by atoms with E-state index in [0.717, 1.165) is 0 Å². The first kappa shape index (κ1) is 14.1. The smallest absolute Gasteiger partial charge is 0.219 e. The largest absolute Gasteiger partial charge is 0.461 e. The van der Waals surface area contributed by atoms with Crippen LogP contribution in [0.3, 0.4) is 0 Å². The maximum Gasteiger partial charge on any atom is 0.219 e. The van der Waals surface area contributed by atoms with Gasteiger partial charge in [-0.05, 0) is 36.5 Å². The summed E-state index contributed by atoms with van der Waals surface area (Å²) in [5.41, 5.74) is 0.606. The summed E-state index contributed by atoms with van der Waals surface area (Å²) in [5.74, 6) is 1.01. The molecule has 0 aliphatic rings. The maximum atomic E-state index is 6.10. The van der Waals surface area contributed by atoms with E-state index in [2.05, 4.69) is 15.3 Å². The molecular weight excluding hydrogens is 331 g/mol. The third kappa shape index (κ3) is 2.78. The van der Waals surface area contributed by atoms with Crippen molar-refractivity contribution in [1.82, 2.24) is 14.9 Å². The molecule has 0 bridgehead atoms. The molecule has 0 fully saturated rings. The van der Waals surface area contributed by atoms with Crippen LogP contribution in [-0.2, 0) is 0 Å². The van der Waals surface area contributed by atoms with Gasteiger partial charge >= 0.3 is 0 Å². The van der Waals surface area contributed by atoms with Crippen molar-refractivity contribution in [3.63, 3.8) is 0 Å². The minimum absolute atomic E-state index is 0.334. The average Bonchev–Trinajstić information content (AvgIpc) is 3.08. The minimum Gasteiger partial charge on any atom is -0.461 e. The van der Waals surface area contributed by atoms with Gasteiger partial charge in [0.25, 0.3) is 0 Å². The Balaban J connectivity index is 2.05. The average molecular weight is 339 g/mol. The zero-order chi connectivity index (χ0) is 14.8. The number of H-pyrrole nitrogens is 1. The van der Waals surface area contributed by atoms with E-state index in [1.165, 1.54) is 10.9 Å². The Morgan fingerprint density at radius 2 is 2.00 bits per heavy atom. The summed E-state index contributed by atoms with van der Waals surface area (Å²) in [7, 11) is 0. The summed E-state index contributed by atoms with van der Waals surface area (Å²) in [5, 5.41) is 12.0. The third-order valence-corrected chi connectivity index (χ3v) is 3.62. The summed E-state index contributed by atoms with van der Waals surface area (Å²) < 4.78 is 7.07. The SMILES string of the molecule is S=c1[nH]nc(-c2ccco2)n1N=Cc1c(Cl)cccc1Cl. The highest BCUT2D eigenvalue weighted by Gasteiger charge is 2.11. The molecule has 0 radical (unpaired) electrons. The summed E-state index contributed by atoms with van der Waals surface area (Å²) in [4.78, 5) is 0. The number of rotatable bonds is 3. The molecule has 21 heavy (non-hydrogen) atoms. The van der Waals surface area contributed by atoms with Crippen molar-refractivity contribution in [3.8, 4) is 11.6 Å². The lowest BCUT2D eigenvalue weighted by atomic mass is 10.2. The Labute approximate surface area is 134 Å². The standard InChI is InChI=1S/C13H8Cl2N4OS/c14-9-3-1-4-10(15)8(9)7-16-19-12(17-18-13(19)21)11-5-2-6-20-11/h1-7H,(H,18,21). The summed E-state index contributed by atoms with van der Waals surface area (Å²) in [6, 6.07) is 8.75. The Bertz CT molecular complexity index is 831. The van der Waals surface area contributed by atoms with Crippen LogP contribution in [0.1, 0.15) is 5.56 Å². The van der Waals surface area contributed by atoms with Gasteiger partial charge in [0.15, 0.2) is 5.76 Å². The van der Waals surface area contributed by atoms with Crippen LogP contribution in [0.2, 0.25) is 10.0 Å². The van der Waals surface area contributed by atoms with E-state index in [1.807, 2.05) is 0 Å². The number of nitrogens with one attached hydrogen (secondary N) is 1.